The van der Waals surface area contributed by atoms with Crippen LogP contribution in [-0.2, 0) is 11.8 Å². The quantitative estimate of drug-likeness (QED) is 0.287. The highest BCUT2D eigenvalue weighted by Crippen LogP contribution is 2.45. The lowest BCUT2D eigenvalue weighted by atomic mass is 9.85. The third-order valence-corrected chi connectivity index (χ3v) is 6.68. The predicted molar refractivity (Wildman–Crippen MR) is 133 cm³/mol. The van der Waals surface area contributed by atoms with Gasteiger partial charge in [-0.05, 0) is 35.2 Å². The average molecular weight is 481 g/mol. The smallest absolute Gasteiger partial charge is 0.312 e. The van der Waals surface area contributed by atoms with E-state index in [0.29, 0.717) is 16.7 Å². The van der Waals surface area contributed by atoms with Gasteiger partial charge in [0, 0.05) is 30.2 Å². The van der Waals surface area contributed by atoms with Crippen molar-refractivity contribution in [2.24, 2.45) is 7.05 Å². The van der Waals surface area contributed by atoms with E-state index in [-0.39, 0.29) is 40.0 Å². The number of ether oxygens (including phenoxy) is 1. The van der Waals surface area contributed by atoms with Gasteiger partial charge in [-0.2, -0.15) is 0 Å². The zero-order valence-corrected chi connectivity index (χ0v) is 19.0. The van der Waals surface area contributed by atoms with E-state index in [4.69, 9.17) is 9.15 Å². The summed E-state index contributed by atoms with van der Waals surface area (Å²) >= 11 is 0. The van der Waals surface area contributed by atoms with Crippen LogP contribution in [0.3, 0.4) is 0 Å². The maximum absolute atomic E-state index is 13.5. The molecular weight excluding hydrogens is 462 g/mol. The summed E-state index contributed by atoms with van der Waals surface area (Å²) in [5, 5.41) is 21.1. The van der Waals surface area contributed by atoms with E-state index in [9.17, 15) is 24.6 Å². The number of nitrogens with zero attached hydrogens (tertiary/aromatic N) is 1. The van der Waals surface area contributed by atoms with Crippen LogP contribution in [0.5, 0.6) is 17.2 Å². The number of carbonyl (C=O) groups excluding carboxylic acids is 1. The number of hydrogen-bond acceptors (Lipinski definition) is 7. The van der Waals surface area contributed by atoms with Crippen LogP contribution in [-0.4, -0.2) is 20.7 Å². The van der Waals surface area contributed by atoms with Crippen LogP contribution in [0.15, 0.2) is 80.9 Å². The van der Waals surface area contributed by atoms with Gasteiger partial charge < -0.3 is 23.9 Å². The Balaban J connectivity index is 1.64. The molecule has 0 amide bonds. The number of esters is 1. The first-order valence-electron chi connectivity index (χ1n) is 11.2. The first kappa shape index (κ1) is 21.7. The number of rotatable bonds is 2. The van der Waals surface area contributed by atoms with Gasteiger partial charge in [-0.1, -0.05) is 30.3 Å². The molecule has 0 unspecified atom stereocenters. The van der Waals surface area contributed by atoms with Crippen molar-refractivity contribution >= 4 is 27.8 Å². The second-order valence-corrected chi connectivity index (χ2v) is 8.79. The van der Waals surface area contributed by atoms with Gasteiger partial charge >= 0.3 is 5.97 Å². The Morgan fingerprint density at radius 2 is 1.72 bits per heavy atom. The molecule has 8 heteroatoms. The maximum atomic E-state index is 13.5. The maximum Gasteiger partial charge on any atom is 0.312 e. The zero-order valence-electron chi connectivity index (χ0n) is 19.0. The molecule has 3 heterocycles. The van der Waals surface area contributed by atoms with Crippen LogP contribution in [0.2, 0.25) is 0 Å². The number of fused-ring (bicyclic) bond motifs is 4. The van der Waals surface area contributed by atoms with Crippen molar-refractivity contribution in [3.05, 3.63) is 98.6 Å². The molecule has 0 saturated heterocycles. The van der Waals surface area contributed by atoms with Crippen LogP contribution in [0.4, 0.5) is 0 Å². The van der Waals surface area contributed by atoms with Gasteiger partial charge in [0.1, 0.15) is 34.5 Å². The Morgan fingerprint density at radius 1 is 0.972 bits per heavy atom. The minimum Gasteiger partial charge on any atom is -0.508 e. The van der Waals surface area contributed by atoms with E-state index < -0.39 is 23.1 Å². The zero-order chi connectivity index (χ0) is 25.1. The van der Waals surface area contributed by atoms with Crippen molar-refractivity contribution in [3.8, 4) is 28.4 Å². The van der Waals surface area contributed by atoms with E-state index in [1.54, 1.807) is 25.2 Å². The molecule has 6 rings (SSSR count). The van der Waals surface area contributed by atoms with Crippen LogP contribution in [0.25, 0.3) is 33.0 Å². The average Bonchev–Trinajstić information content (AvgIpc) is 2.86. The van der Waals surface area contributed by atoms with Crippen molar-refractivity contribution in [1.29, 1.82) is 0 Å². The van der Waals surface area contributed by atoms with Crippen molar-refractivity contribution in [3.63, 3.8) is 0 Å². The van der Waals surface area contributed by atoms with E-state index in [2.05, 4.69) is 0 Å². The van der Waals surface area contributed by atoms with Crippen molar-refractivity contribution < 1.29 is 24.2 Å². The highest BCUT2D eigenvalue weighted by Gasteiger charge is 2.35. The van der Waals surface area contributed by atoms with Gasteiger partial charge in [-0.15, -0.1) is 0 Å². The summed E-state index contributed by atoms with van der Waals surface area (Å²) in [5.41, 5.74) is 1.38. The topological polar surface area (TPSA) is 119 Å². The number of aromatic hydroxyl groups is 2. The Bertz CT molecular complexity index is 1830. The summed E-state index contributed by atoms with van der Waals surface area (Å²) in [4.78, 5) is 39.4. The lowest BCUT2D eigenvalue weighted by Gasteiger charge is -2.26. The molecule has 5 aromatic rings. The Morgan fingerprint density at radius 3 is 2.50 bits per heavy atom. The van der Waals surface area contributed by atoms with Crippen LogP contribution in [0, 0.1) is 0 Å². The van der Waals surface area contributed by atoms with E-state index in [1.165, 1.54) is 29.0 Å². The van der Waals surface area contributed by atoms with Crippen molar-refractivity contribution in [2.75, 3.05) is 0 Å². The molecule has 8 nitrogen and oxygen atoms in total. The highest BCUT2D eigenvalue weighted by molar-refractivity contribution is 5.94. The van der Waals surface area contributed by atoms with Gasteiger partial charge in [0.2, 0.25) is 5.43 Å². The monoisotopic (exact) mass is 481 g/mol. The van der Waals surface area contributed by atoms with E-state index in [1.807, 2.05) is 24.3 Å². The number of aromatic nitrogens is 1. The lowest BCUT2D eigenvalue weighted by molar-refractivity contribution is -0.135. The highest BCUT2D eigenvalue weighted by atomic mass is 16.5. The minimum absolute atomic E-state index is 0.0389. The Kier molecular flexibility index (Phi) is 4.72. The van der Waals surface area contributed by atoms with Gasteiger partial charge in [-0.25, -0.2) is 0 Å². The molecule has 0 bridgehead atoms. The standard InChI is InChI=1S/C28H19NO7/c1-29-20-5-3-2-4-15(20)10-18(28(29)34)17-11-23(32)36-22-12-21(31)25-26(33)19(13-35-27(25)24(17)22)14-6-8-16(30)9-7-14/h2-10,12-13,17,30-31H,11H2,1H3/t17-/m0/s1. The molecule has 2 N–H and O–H groups in total. The van der Waals surface area contributed by atoms with Crippen molar-refractivity contribution in [1.82, 2.24) is 4.57 Å². The number of pyridine rings is 1. The second kappa shape index (κ2) is 7.84. The molecule has 0 fully saturated rings. The summed E-state index contributed by atoms with van der Waals surface area (Å²) < 4.78 is 12.8. The van der Waals surface area contributed by atoms with Crippen molar-refractivity contribution in [2.45, 2.75) is 12.3 Å². The fourth-order valence-corrected chi connectivity index (χ4v) is 4.93. The summed E-state index contributed by atoms with van der Waals surface area (Å²) in [6.07, 6.45) is 1.13. The SMILES string of the molecule is Cn1c(=O)c([C@@H]2CC(=O)Oc3cc(O)c4c(=O)c(-c5ccc(O)cc5)coc4c32)cc2ccccc21. The minimum atomic E-state index is -0.754. The fourth-order valence-electron chi connectivity index (χ4n) is 4.93. The van der Waals surface area contributed by atoms with Gasteiger partial charge in [0.25, 0.3) is 5.56 Å². The summed E-state index contributed by atoms with van der Waals surface area (Å²) in [6, 6.07) is 16.4. The second-order valence-electron chi connectivity index (χ2n) is 8.79. The first-order valence-corrected chi connectivity index (χ1v) is 11.2. The van der Waals surface area contributed by atoms with Gasteiger partial charge in [0.15, 0.2) is 0 Å². The molecule has 0 spiro atoms. The molecule has 36 heavy (non-hydrogen) atoms. The molecule has 3 aromatic carbocycles. The molecule has 178 valence electrons. The van der Waals surface area contributed by atoms with Crippen LogP contribution in [0.1, 0.15) is 23.5 Å². The summed E-state index contributed by atoms with van der Waals surface area (Å²) in [6.45, 7) is 0. The molecule has 1 aliphatic rings. The lowest BCUT2D eigenvalue weighted by Crippen LogP contribution is -2.29. The molecule has 1 atom stereocenters. The number of para-hydroxylation sites is 1. The largest absolute Gasteiger partial charge is 0.508 e. The number of hydrogen-bond donors (Lipinski definition) is 2. The molecular formula is C28H19NO7. The van der Waals surface area contributed by atoms with E-state index in [0.717, 1.165) is 10.9 Å². The van der Waals surface area contributed by atoms with Gasteiger partial charge in [0.05, 0.1) is 17.5 Å². The predicted octanol–water partition coefficient (Wildman–Crippen LogP) is 4.16. The summed E-state index contributed by atoms with van der Waals surface area (Å²) in [5.74, 6) is -1.64. The summed E-state index contributed by atoms with van der Waals surface area (Å²) in [7, 11) is 1.66. The van der Waals surface area contributed by atoms with Crippen LogP contribution >= 0.6 is 0 Å². The molecule has 0 saturated carbocycles. The first-order chi connectivity index (χ1) is 17.3. The molecule has 1 aliphatic heterocycles. The number of phenols is 2. The molecule has 0 aliphatic carbocycles. The number of carbonyl (C=O) groups is 1. The third kappa shape index (κ3) is 3.19. The Hall–Kier alpha value is -4.85. The molecule has 0 radical (unpaired) electrons. The fraction of sp³-hybridized carbons (Fsp3) is 0.107. The van der Waals surface area contributed by atoms with Crippen LogP contribution < -0.4 is 15.7 Å². The Labute approximate surface area is 203 Å². The number of benzene rings is 3. The third-order valence-electron chi connectivity index (χ3n) is 6.68. The normalized spacial score (nSPS) is 15.1. The van der Waals surface area contributed by atoms with E-state index >= 15 is 0 Å². The molecule has 2 aromatic heterocycles. The number of phenolic OH excluding ortho intramolecular Hbond substituents is 2. The van der Waals surface area contributed by atoms with Gasteiger partial charge in [-0.3, -0.25) is 14.4 Å². The number of aryl methyl sites for hydroxylation is 1.